The molecule has 0 aliphatic heterocycles. The van der Waals surface area contributed by atoms with Crippen molar-refractivity contribution in [3.8, 4) is 11.7 Å². The van der Waals surface area contributed by atoms with E-state index in [1.54, 1.807) is 38.1 Å². The van der Waals surface area contributed by atoms with Crippen molar-refractivity contribution in [2.45, 2.75) is 13.1 Å². The van der Waals surface area contributed by atoms with Gasteiger partial charge in [0.15, 0.2) is 0 Å². The van der Waals surface area contributed by atoms with Crippen LogP contribution in [0.15, 0.2) is 55.4 Å². The van der Waals surface area contributed by atoms with Gasteiger partial charge in [-0.2, -0.15) is 0 Å². The summed E-state index contributed by atoms with van der Waals surface area (Å²) in [6.07, 6.45) is 8.59. The van der Waals surface area contributed by atoms with Crippen LogP contribution in [0.3, 0.4) is 0 Å². The molecule has 25 heavy (non-hydrogen) atoms. The van der Waals surface area contributed by atoms with Gasteiger partial charge in [-0.1, -0.05) is 12.1 Å². The number of methoxy groups -OCH3 is 1. The molecule has 0 saturated carbocycles. The predicted molar refractivity (Wildman–Crippen MR) is 91.2 cm³/mol. The van der Waals surface area contributed by atoms with Crippen LogP contribution in [-0.2, 0) is 13.1 Å². The summed E-state index contributed by atoms with van der Waals surface area (Å²) in [4.78, 5) is 24.3. The number of pyridine rings is 2. The Bertz CT molecular complexity index is 800. The second kappa shape index (κ2) is 7.91. The van der Waals surface area contributed by atoms with Crippen molar-refractivity contribution >= 4 is 6.03 Å². The van der Waals surface area contributed by atoms with Crippen LogP contribution in [0.2, 0.25) is 0 Å². The zero-order chi connectivity index (χ0) is 17.5. The molecule has 0 spiro atoms. The lowest BCUT2D eigenvalue weighted by molar-refractivity contribution is 0.240. The molecule has 128 valence electrons. The van der Waals surface area contributed by atoms with Crippen molar-refractivity contribution in [2.24, 2.45) is 0 Å². The summed E-state index contributed by atoms with van der Waals surface area (Å²) in [5.41, 5.74) is 1.80. The standard InChI is InChI=1S/C17H18N6O2/c1-25-16-5-3-14(9-20-16)11-22-17(24)21-10-13-2-4-15(19-8-13)23-7-6-18-12-23/h2-9,12H,10-11H2,1H3,(H2,21,22,24). The molecule has 3 rings (SSSR count). The van der Waals surface area contributed by atoms with Crippen molar-refractivity contribution in [3.63, 3.8) is 0 Å². The van der Waals surface area contributed by atoms with E-state index in [1.165, 1.54) is 0 Å². The maximum atomic E-state index is 11.9. The first-order chi connectivity index (χ1) is 12.2. The van der Waals surface area contributed by atoms with Crippen LogP contribution in [0.1, 0.15) is 11.1 Å². The van der Waals surface area contributed by atoms with Gasteiger partial charge in [0.05, 0.1) is 7.11 Å². The van der Waals surface area contributed by atoms with Crippen LogP contribution < -0.4 is 15.4 Å². The first-order valence-electron chi connectivity index (χ1n) is 7.68. The third kappa shape index (κ3) is 4.54. The first-order valence-corrected chi connectivity index (χ1v) is 7.68. The lowest BCUT2D eigenvalue weighted by Gasteiger charge is -2.08. The molecule has 0 fully saturated rings. The Labute approximate surface area is 144 Å². The Hall–Kier alpha value is -3.42. The van der Waals surface area contributed by atoms with Crippen LogP contribution in [0.4, 0.5) is 4.79 Å². The minimum Gasteiger partial charge on any atom is -0.481 e. The number of imidazole rings is 1. The summed E-state index contributed by atoms with van der Waals surface area (Å²) < 4.78 is 6.80. The minimum atomic E-state index is -0.255. The first kappa shape index (κ1) is 16.4. The monoisotopic (exact) mass is 338 g/mol. The highest BCUT2D eigenvalue weighted by Gasteiger charge is 2.03. The number of urea groups is 1. The second-order valence-corrected chi connectivity index (χ2v) is 5.24. The Balaban J connectivity index is 1.45. The molecule has 0 aliphatic carbocycles. The third-order valence-corrected chi connectivity index (χ3v) is 3.49. The lowest BCUT2D eigenvalue weighted by atomic mass is 10.3. The number of hydrogen-bond acceptors (Lipinski definition) is 5. The summed E-state index contributed by atoms with van der Waals surface area (Å²) >= 11 is 0. The zero-order valence-corrected chi connectivity index (χ0v) is 13.7. The molecule has 2 N–H and O–H groups in total. The maximum absolute atomic E-state index is 11.9. The molecule has 0 aliphatic rings. The van der Waals surface area contributed by atoms with Gasteiger partial charge < -0.3 is 15.4 Å². The highest BCUT2D eigenvalue weighted by Crippen LogP contribution is 2.07. The van der Waals surface area contributed by atoms with Gasteiger partial charge in [0, 0.05) is 43.9 Å². The summed E-state index contributed by atoms with van der Waals surface area (Å²) in [5.74, 6) is 1.32. The molecule has 0 unspecified atom stereocenters. The number of carbonyl (C=O) groups excluding carboxylic acids is 1. The Morgan fingerprint density at radius 2 is 1.80 bits per heavy atom. The molecule has 0 aromatic carbocycles. The topological polar surface area (TPSA) is 94.0 Å². The van der Waals surface area contributed by atoms with Crippen molar-refractivity contribution in [1.29, 1.82) is 0 Å². The van der Waals surface area contributed by atoms with E-state index in [0.29, 0.717) is 19.0 Å². The normalized spacial score (nSPS) is 10.3. The smallest absolute Gasteiger partial charge is 0.315 e. The van der Waals surface area contributed by atoms with Crippen molar-refractivity contribution in [1.82, 2.24) is 30.2 Å². The van der Waals surface area contributed by atoms with Gasteiger partial charge in [-0.15, -0.1) is 0 Å². The second-order valence-electron chi connectivity index (χ2n) is 5.24. The van der Waals surface area contributed by atoms with Gasteiger partial charge in [-0.3, -0.25) is 4.57 Å². The van der Waals surface area contributed by atoms with E-state index in [4.69, 9.17) is 4.74 Å². The number of nitrogens with one attached hydrogen (secondary N) is 2. The fourth-order valence-electron chi connectivity index (χ4n) is 2.13. The molecule has 3 aromatic rings. The Morgan fingerprint density at radius 3 is 2.32 bits per heavy atom. The molecule has 0 saturated heterocycles. The predicted octanol–water partition coefficient (Wildman–Crippen LogP) is 1.67. The molecule has 3 heterocycles. The van der Waals surface area contributed by atoms with Gasteiger partial charge in [0.1, 0.15) is 12.1 Å². The fourth-order valence-corrected chi connectivity index (χ4v) is 2.13. The molecule has 2 amide bonds. The van der Waals surface area contributed by atoms with Crippen molar-refractivity contribution in [3.05, 3.63) is 66.5 Å². The average Bonchev–Trinajstić information content (AvgIpc) is 3.20. The van der Waals surface area contributed by atoms with Crippen LogP contribution in [0.25, 0.3) is 5.82 Å². The maximum Gasteiger partial charge on any atom is 0.315 e. The average molecular weight is 338 g/mol. The van der Waals surface area contributed by atoms with E-state index in [9.17, 15) is 4.79 Å². The van der Waals surface area contributed by atoms with Crippen molar-refractivity contribution < 1.29 is 9.53 Å². The molecular weight excluding hydrogens is 320 g/mol. The molecule has 8 heteroatoms. The van der Waals surface area contributed by atoms with E-state index < -0.39 is 0 Å². The van der Waals surface area contributed by atoms with E-state index in [0.717, 1.165) is 16.9 Å². The summed E-state index contributed by atoms with van der Waals surface area (Å²) in [5, 5.41) is 5.57. The highest BCUT2D eigenvalue weighted by molar-refractivity contribution is 5.73. The van der Waals surface area contributed by atoms with E-state index in [2.05, 4.69) is 25.6 Å². The van der Waals surface area contributed by atoms with Crippen LogP contribution in [-0.4, -0.2) is 32.7 Å². The number of nitrogens with zero attached hydrogens (tertiary/aromatic N) is 4. The highest BCUT2D eigenvalue weighted by atomic mass is 16.5. The number of hydrogen-bond donors (Lipinski definition) is 2. The fraction of sp³-hybridized carbons (Fsp3) is 0.176. The van der Waals surface area contributed by atoms with E-state index in [-0.39, 0.29) is 6.03 Å². The van der Waals surface area contributed by atoms with Gasteiger partial charge >= 0.3 is 6.03 Å². The van der Waals surface area contributed by atoms with Gasteiger partial charge in [-0.25, -0.2) is 19.7 Å². The molecule has 0 bridgehead atoms. The van der Waals surface area contributed by atoms with E-state index in [1.807, 2.05) is 29.0 Å². The van der Waals surface area contributed by atoms with Crippen LogP contribution in [0.5, 0.6) is 5.88 Å². The Kier molecular flexibility index (Phi) is 5.20. The SMILES string of the molecule is COc1ccc(CNC(=O)NCc2ccc(-n3ccnc3)nc2)cn1. The number of amides is 2. The number of carbonyl (C=O) groups is 1. The quantitative estimate of drug-likeness (QED) is 0.713. The summed E-state index contributed by atoms with van der Waals surface area (Å²) in [6, 6.07) is 7.14. The molecule has 8 nitrogen and oxygen atoms in total. The summed E-state index contributed by atoms with van der Waals surface area (Å²) in [7, 11) is 1.56. The number of aromatic nitrogens is 4. The van der Waals surface area contributed by atoms with Gasteiger partial charge in [0.2, 0.25) is 5.88 Å². The van der Waals surface area contributed by atoms with Crippen LogP contribution in [0, 0.1) is 0 Å². The third-order valence-electron chi connectivity index (χ3n) is 3.49. The largest absolute Gasteiger partial charge is 0.481 e. The number of rotatable bonds is 6. The molecular formula is C17H18N6O2. The van der Waals surface area contributed by atoms with Gasteiger partial charge in [0.25, 0.3) is 0 Å². The Morgan fingerprint density at radius 1 is 1.08 bits per heavy atom. The zero-order valence-electron chi connectivity index (χ0n) is 13.7. The van der Waals surface area contributed by atoms with E-state index >= 15 is 0 Å². The van der Waals surface area contributed by atoms with Gasteiger partial charge in [-0.05, 0) is 17.2 Å². The van der Waals surface area contributed by atoms with Crippen LogP contribution >= 0.6 is 0 Å². The molecule has 0 atom stereocenters. The lowest BCUT2D eigenvalue weighted by Crippen LogP contribution is -2.34. The molecule has 0 radical (unpaired) electrons. The number of ether oxygens (including phenoxy) is 1. The minimum absolute atomic E-state index is 0.255. The van der Waals surface area contributed by atoms with Crippen molar-refractivity contribution in [2.75, 3.05) is 7.11 Å². The molecule has 3 aromatic heterocycles. The summed E-state index contributed by atoms with van der Waals surface area (Å²) in [6.45, 7) is 0.782.